The maximum Gasteiger partial charge on any atom is 0.496 e. The van der Waals surface area contributed by atoms with E-state index < -0.39 is 18.3 Å². The fourth-order valence-corrected chi connectivity index (χ4v) is 8.94. The van der Waals surface area contributed by atoms with E-state index in [0.29, 0.717) is 0 Å². The second-order valence-corrected chi connectivity index (χ2v) is 14.5. The molecule has 9 rings (SSSR count). The average molecular weight is 582 g/mol. The Bertz CT molecular complexity index is 2380. The van der Waals surface area contributed by atoms with Crippen LogP contribution in [-0.4, -0.2) is 22.9 Å². The first kappa shape index (κ1) is 24.9. The van der Waals surface area contributed by atoms with Crippen molar-refractivity contribution in [2.75, 3.05) is 0 Å². The molecule has 204 valence electrons. The molecule has 4 heterocycles. The summed E-state index contributed by atoms with van der Waals surface area (Å²) in [6, 6.07) is 35.6. The maximum absolute atomic E-state index is 6.67. The minimum Gasteiger partial charge on any atom is -0.399 e. The van der Waals surface area contributed by atoms with Crippen molar-refractivity contribution >= 4 is 97.4 Å². The fraction of sp³-hybridized carbons (Fsp3) is 0.167. The summed E-state index contributed by atoms with van der Waals surface area (Å²) >= 11 is 3.70. The molecule has 1 aliphatic heterocycles. The van der Waals surface area contributed by atoms with Crippen molar-refractivity contribution in [1.82, 2.24) is 4.57 Å². The summed E-state index contributed by atoms with van der Waals surface area (Å²) in [7, 11) is -0.439. The lowest BCUT2D eigenvalue weighted by Gasteiger charge is -2.32. The van der Waals surface area contributed by atoms with E-state index in [0.717, 1.165) is 5.46 Å². The molecule has 0 radical (unpaired) electrons. The number of thiophene rings is 2. The van der Waals surface area contributed by atoms with Crippen molar-refractivity contribution in [2.24, 2.45) is 0 Å². The highest BCUT2D eigenvalue weighted by molar-refractivity contribution is 7.27. The van der Waals surface area contributed by atoms with Crippen molar-refractivity contribution in [1.29, 1.82) is 0 Å². The van der Waals surface area contributed by atoms with Gasteiger partial charge in [0, 0.05) is 62.3 Å². The summed E-state index contributed by atoms with van der Waals surface area (Å²) in [5.74, 6) is 0. The number of hydrogen-bond acceptors (Lipinski definition) is 4. The summed E-state index contributed by atoms with van der Waals surface area (Å²) in [5, 5.41) is 7.62. The zero-order chi connectivity index (χ0) is 28.4. The zero-order valence-corrected chi connectivity index (χ0v) is 25.5. The highest BCUT2D eigenvalue weighted by atomic mass is 32.1. The Morgan fingerprint density at radius 1 is 0.595 bits per heavy atom. The summed E-state index contributed by atoms with van der Waals surface area (Å²) in [6.45, 7) is 8.52. The molecule has 1 aliphatic rings. The Kier molecular flexibility index (Phi) is 5.01. The fourth-order valence-electron chi connectivity index (χ4n) is 6.63. The van der Waals surface area contributed by atoms with Crippen molar-refractivity contribution in [2.45, 2.75) is 38.9 Å². The second kappa shape index (κ2) is 8.45. The lowest BCUT2D eigenvalue weighted by Crippen LogP contribution is -2.41. The van der Waals surface area contributed by atoms with Gasteiger partial charge in [0.1, 0.15) is 0 Å². The van der Waals surface area contributed by atoms with Crippen LogP contribution < -0.4 is 5.46 Å². The zero-order valence-electron chi connectivity index (χ0n) is 23.9. The van der Waals surface area contributed by atoms with Gasteiger partial charge in [-0.2, -0.15) is 0 Å². The Morgan fingerprint density at radius 3 is 1.98 bits per heavy atom. The molecular weight excluding hydrogens is 553 g/mol. The van der Waals surface area contributed by atoms with Gasteiger partial charge in [-0.3, -0.25) is 0 Å². The molecule has 3 aromatic heterocycles. The largest absolute Gasteiger partial charge is 0.496 e. The van der Waals surface area contributed by atoms with E-state index in [1.54, 1.807) is 0 Å². The second-order valence-electron chi connectivity index (χ2n) is 12.4. The number of benzene rings is 5. The van der Waals surface area contributed by atoms with Crippen molar-refractivity contribution in [3.63, 3.8) is 0 Å². The minimum atomic E-state index is -0.439. The molecule has 42 heavy (non-hydrogen) atoms. The van der Waals surface area contributed by atoms with Crippen molar-refractivity contribution in [3.8, 4) is 5.69 Å². The van der Waals surface area contributed by atoms with Gasteiger partial charge in [-0.05, 0) is 64.1 Å². The molecular formula is C36H28BNO2S2. The highest BCUT2D eigenvalue weighted by Crippen LogP contribution is 2.45. The third-order valence-electron chi connectivity index (χ3n) is 9.43. The van der Waals surface area contributed by atoms with Crippen LogP contribution in [0.3, 0.4) is 0 Å². The summed E-state index contributed by atoms with van der Waals surface area (Å²) in [4.78, 5) is 0. The number of fused-ring (bicyclic) bond motifs is 10. The van der Waals surface area contributed by atoms with Crippen LogP contribution in [0.1, 0.15) is 27.7 Å². The molecule has 1 fully saturated rings. The normalized spacial score (nSPS) is 16.7. The Hall–Kier alpha value is -3.68. The number of para-hydroxylation sites is 1. The Labute approximate surface area is 252 Å². The van der Waals surface area contributed by atoms with Crippen LogP contribution in [0, 0.1) is 0 Å². The summed E-state index contributed by atoms with van der Waals surface area (Å²) in [6.07, 6.45) is 0. The standard InChI is InChI=1S/C36H28BNO2S2/c1-35(2)36(3,4)40-37(39-35)27-20-26-22-11-5-8-14-28(22)38(33(26)32-24-13-7-10-16-30(24)42-34(27)32)21-17-18-31-25(19-21)23-12-6-9-15-29(23)41-31/h5-20H,1-4H3. The maximum atomic E-state index is 6.67. The van der Waals surface area contributed by atoms with Crippen LogP contribution >= 0.6 is 22.7 Å². The molecule has 6 heteroatoms. The van der Waals surface area contributed by atoms with Crippen molar-refractivity contribution in [3.05, 3.63) is 97.1 Å². The number of nitrogens with zero attached hydrogens (tertiary/aromatic N) is 1. The highest BCUT2D eigenvalue weighted by Gasteiger charge is 2.52. The predicted molar refractivity (Wildman–Crippen MR) is 182 cm³/mol. The molecule has 0 N–H and O–H groups in total. The van der Waals surface area contributed by atoms with Gasteiger partial charge in [-0.1, -0.05) is 60.7 Å². The van der Waals surface area contributed by atoms with Gasteiger partial charge in [-0.15, -0.1) is 22.7 Å². The molecule has 3 nitrogen and oxygen atoms in total. The molecule has 0 unspecified atom stereocenters. The van der Waals surface area contributed by atoms with Gasteiger partial charge in [-0.25, -0.2) is 0 Å². The lowest BCUT2D eigenvalue weighted by molar-refractivity contribution is 0.00578. The Balaban J connectivity index is 1.43. The molecule has 8 aromatic rings. The summed E-state index contributed by atoms with van der Waals surface area (Å²) < 4.78 is 21.0. The van der Waals surface area contributed by atoms with Gasteiger partial charge in [0.25, 0.3) is 0 Å². The van der Waals surface area contributed by atoms with Crippen LogP contribution in [0.4, 0.5) is 0 Å². The SMILES string of the molecule is CC1(C)OB(c2cc3c4ccccc4n(-c4ccc5sc6ccccc6c5c4)c3c3c2sc2ccccc23)OC1(C)C. The van der Waals surface area contributed by atoms with E-state index in [1.807, 2.05) is 22.7 Å². The lowest BCUT2D eigenvalue weighted by atomic mass is 9.77. The number of hydrogen-bond donors (Lipinski definition) is 0. The van der Waals surface area contributed by atoms with E-state index in [2.05, 4.69) is 129 Å². The smallest absolute Gasteiger partial charge is 0.399 e. The molecule has 0 spiro atoms. The van der Waals surface area contributed by atoms with E-state index in [-0.39, 0.29) is 0 Å². The van der Waals surface area contributed by atoms with Gasteiger partial charge < -0.3 is 13.9 Å². The van der Waals surface area contributed by atoms with E-state index in [4.69, 9.17) is 9.31 Å². The van der Waals surface area contributed by atoms with E-state index in [9.17, 15) is 0 Å². The van der Waals surface area contributed by atoms with Crippen LogP contribution in [0.5, 0.6) is 0 Å². The van der Waals surface area contributed by atoms with Gasteiger partial charge in [0.15, 0.2) is 0 Å². The molecule has 0 amide bonds. The monoisotopic (exact) mass is 581 g/mol. The van der Waals surface area contributed by atoms with Gasteiger partial charge >= 0.3 is 7.12 Å². The van der Waals surface area contributed by atoms with Crippen LogP contribution in [0.25, 0.3) is 67.8 Å². The van der Waals surface area contributed by atoms with Crippen LogP contribution in [0.2, 0.25) is 0 Å². The third-order valence-corrected chi connectivity index (χ3v) is 11.8. The first-order valence-electron chi connectivity index (χ1n) is 14.5. The summed E-state index contributed by atoms with van der Waals surface area (Å²) in [5.41, 5.74) is 3.90. The molecule has 5 aromatic carbocycles. The molecule has 0 bridgehead atoms. The Morgan fingerprint density at radius 2 is 1.21 bits per heavy atom. The molecule has 0 aliphatic carbocycles. The van der Waals surface area contributed by atoms with Gasteiger partial charge in [0.05, 0.1) is 22.2 Å². The molecule has 0 saturated carbocycles. The number of aromatic nitrogens is 1. The topological polar surface area (TPSA) is 23.4 Å². The van der Waals surface area contributed by atoms with Gasteiger partial charge in [0.2, 0.25) is 0 Å². The minimum absolute atomic E-state index is 0.414. The molecule has 0 atom stereocenters. The number of rotatable bonds is 2. The van der Waals surface area contributed by atoms with Crippen molar-refractivity contribution < 1.29 is 9.31 Å². The van der Waals surface area contributed by atoms with E-state index in [1.165, 1.54) is 67.8 Å². The van der Waals surface area contributed by atoms with Crippen LogP contribution in [-0.2, 0) is 9.31 Å². The predicted octanol–water partition coefficient (Wildman–Crippen LogP) is 9.82. The average Bonchev–Trinajstić information content (AvgIpc) is 3.69. The quantitative estimate of drug-likeness (QED) is 0.190. The van der Waals surface area contributed by atoms with E-state index >= 15 is 0 Å². The molecule has 1 saturated heterocycles. The first-order chi connectivity index (χ1) is 20.3. The third kappa shape index (κ3) is 3.29. The first-order valence-corrected chi connectivity index (χ1v) is 16.1. The van der Waals surface area contributed by atoms with Crippen LogP contribution in [0.15, 0.2) is 97.1 Å².